The first kappa shape index (κ1) is 19.3. The molecule has 1 saturated heterocycles. The number of thioether (sulfide) groups is 1. The maximum Gasteiger partial charge on any atom is 0.232 e. The molecule has 1 aliphatic rings. The predicted molar refractivity (Wildman–Crippen MR) is 101 cm³/mol. The highest BCUT2D eigenvalue weighted by Gasteiger charge is 2.22. The minimum Gasteiger partial charge on any atom is -0.342 e. The SMILES string of the molecule is CNCCC1CCN(C(=O)CSCC(=O)c2ccc(Cl)cc2)CC1. The monoisotopic (exact) mass is 368 g/mol. The van der Waals surface area contributed by atoms with Crippen molar-refractivity contribution in [3.8, 4) is 0 Å². The molecule has 0 spiro atoms. The van der Waals surface area contributed by atoms with Crippen molar-refractivity contribution in [2.45, 2.75) is 19.3 Å². The third-order valence-corrected chi connectivity index (χ3v) is 5.56. The molecule has 1 aromatic carbocycles. The maximum absolute atomic E-state index is 12.2. The minimum absolute atomic E-state index is 0.0373. The minimum atomic E-state index is 0.0373. The van der Waals surface area contributed by atoms with E-state index in [2.05, 4.69) is 5.32 Å². The van der Waals surface area contributed by atoms with Gasteiger partial charge in [-0.05, 0) is 63.0 Å². The zero-order valence-corrected chi connectivity index (χ0v) is 15.7. The molecular weight excluding hydrogens is 344 g/mol. The van der Waals surface area contributed by atoms with Gasteiger partial charge in [0, 0.05) is 23.7 Å². The lowest BCUT2D eigenvalue weighted by Gasteiger charge is -2.32. The number of nitrogens with zero attached hydrogens (tertiary/aromatic N) is 1. The van der Waals surface area contributed by atoms with Crippen molar-refractivity contribution < 1.29 is 9.59 Å². The van der Waals surface area contributed by atoms with Crippen molar-refractivity contribution >= 4 is 35.1 Å². The number of benzene rings is 1. The highest BCUT2D eigenvalue weighted by molar-refractivity contribution is 8.00. The average molecular weight is 369 g/mol. The second-order valence-electron chi connectivity index (χ2n) is 6.14. The number of likely N-dealkylation sites (tertiary alicyclic amines) is 1. The number of carbonyl (C=O) groups excluding carboxylic acids is 2. The fraction of sp³-hybridized carbons (Fsp3) is 0.556. The van der Waals surface area contributed by atoms with Crippen LogP contribution in [0.4, 0.5) is 0 Å². The first-order valence-electron chi connectivity index (χ1n) is 8.39. The zero-order chi connectivity index (χ0) is 17.4. The van der Waals surface area contributed by atoms with E-state index in [0.29, 0.717) is 22.1 Å². The molecule has 132 valence electrons. The fourth-order valence-corrected chi connectivity index (χ4v) is 3.80. The van der Waals surface area contributed by atoms with Gasteiger partial charge in [-0.2, -0.15) is 0 Å². The number of hydrogen-bond donors (Lipinski definition) is 1. The molecule has 0 unspecified atom stereocenters. The number of rotatable bonds is 8. The van der Waals surface area contributed by atoms with Gasteiger partial charge in [0.1, 0.15) is 0 Å². The smallest absolute Gasteiger partial charge is 0.232 e. The molecule has 1 N–H and O–H groups in total. The van der Waals surface area contributed by atoms with Gasteiger partial charge in [0.25, 0.3) is 0 Å². The van der Waals surface area contributed by atoms with Gasteiger partial charge >= 0.3 is 0 Å². The molecular formula is C18H25ClN2O2S. The summed E-state index contributed by atoms with van der Waals surface area (Å²) in [6.07, 6.45) is 3.35. The summed E-state index contributed by atoms with van der Waals surface area (Å²) in [4.78, 5) is 26.2. The fourth-order valence-electron chi connectivity index (χ4n) is 2.86. The Morgan fingerprint density at radius 1 is 1.21 bits per heavy atom. The first-order valence-corrected chi connectivity index (χ1v) is 9.92. The molecule has 1 heterocycles. The summed E-state index contributed by atoms with van der Waals surface area (Å²) >= 11 is 7.21. The van der Waals surface area contributed by atoms with Gasteiger partial charge in [0.05, 0.1) is 11.5 Å². The van der Waals surface area contributed by atoms with E-state index in [-0.39, 0.29) is 11.7 Å². The number of carbonyl (C=O) groups is 2. The summed E-state index contributed by atoms with van der Waals surface area (Å²) in [6.45, 7) is 2.74. The maximum atomic E-state index is 12.2. The van der Waals surface area contributed by atoms with E-state index in [1.807, 2.05) is 11.9 Å². The molecule has 1 aliphatic heterocycles. The van der Waals surface area contributed by atoms with Crippen LogP contribution in [0.5, 0.6) is 0 Å². The van der Waals surface area contributed by atoms with Gasteiger partial charge < -0.3 is 10.2 Å². The first-order chi connectivity index (χ1) is 11.6. The van der Waals surface area contributed by atoms with Crippen LogP contribution in [-0.2, 0) is 4.79 Å². The quantitative estimate of drug-likeness (QED) is 0.716. The molecule has 4 nitrogen and oxygen atoms in total. The van der Waals surface area contributed by atoms with Crippen LogP contribution < -0.4 is 5.32 Å². The van der Waals surface area contributed by atoms with Crippen molar-refractivity contribution in [3.05, 3.63) is 34.9 Å². The number of halogens is 1. The highest BCUT2D eigenvalue weighted by Crippen LogP contribution is 2.21. The van der Waals surface area contributed by atoms with Crippen LogP contribution in [0.3, 0.4) is 0 Å². The molecule has 1 fully saturated rings. The van der Waals surface area contributed by atoms with Crippen molar-refractivity contribution in [2.24, 2.45) is 5.92 Å². The van der Waals surface area contributed by atoms with Crippen LogP contribution in [0, 0.1) is 5.92 Å². The van der Waals surface area contributed by atoms with Crippen LogP contribution in [0.2, 0.25) is 5.02 Å². The Hall–Kier alpha value is -1.04. The molecule has 1 amide bonds. The number of nitrogens with one attached hydrogen (secondary N) is 1. The Labute approximate surface area is 153 Å². The van der Waals surface area contributed by atoms with Crippen LogP contribution in [0.25, 0.3) is 0 Å². The molecule has 6 heteroatoms. The summed E-state index contributed by atoms with van der Waals surface area (Å²) < 4.78 is 0. The van der Waals surface area contributed by atoms with Crippen molar-refractivity contribution in [1.29, 1.82) is 0 Å². The van der Waals surface area contributed by atoms with Gasteiger partial charge in [-0.1, -0.05) is 11.6 Å². The van der Waals surface area contributed by atoms with Gasteiger partial charge in [-0.25, -0.2) is 0 Å². The number of ketones is 1. The van der Waals surface area contributed by atoms with Crippen molar-refractivity contribution in [1.82, 2.24) is 10.2 Å². The number of amides is 1. The number of hydrogen-bond acceptors (Lipinski definition) is 4. The van der Waals surface area contributed by atoms with Crippen LogP contribution in [0.1, 0.15) is 29.6 Å². The van der Waals surface area contributed by atoms with Crippen LogP contribution in [0.15, 0.2) is 24.3 Å². The Bertz CT molecular complexity index is 542. The van der Waals surface area contributed by atoms with E-state index in [1.54, 1.807) is 24.3 Å². The van der Waals surface area contributed by atoms with E-state index in [9.17, 15) is 9.59 Å². The number of piperidine rings is 1. The Balaban J connectivity index is 1.66. The molecule has 1 aromatic rings. The van der Waals surface area contributed by atoms with E-state index in [1.165, 1.54) is 18.2 Å². The van der Waals surface area contributed by atoms with E-state index < -0.39 is 0 Å². The van der Waals surface area contributed by atoms with Gasteiger partial charge in [0.15, 0.2) is 5.78 Å². The lowest BCUT2D eigenvalue weighted by atomic mass is 9.93. The molecule has 0 atom stereocenters. The van der Waals surface area contributed by atoms with Gasteiger partial charge in [0.2, 0.25) is 5.91 Å². The lowest BCUT2D eigenvalue weighted by molar-refractivity contribution is -0.129. The predicted octanol–water partition coefficient (Wildman–Crippen LogP) is 3.10. The third-order valence-electron chi connectivity index (χ3n) is 4.39. The van der Waals surface area contributed by atoms with E-state index in [0.717, 1.165) is 38.4 Å². The summed E-state index contributed by atoms with van der Waals surface area (Å²) in [5, 5.41) is 3.80. The van der Waals surface area contributed by atoms with Gasteiger partial charge in [-0.15, -0.1) is 11.8 Å². The average Bonchev–Trinajstić information content (AvgIpc) is 2.60. The van der Waals surface area contributed by atoms with Crippen molar-refractivity contribution in [2.75, 3.05) is 38.2 Å². The molecule has 2 rings (SSSR count). The Morgan fingerprint density at radius 3 is 2.50 bits per heavy atom. The molecule has 0 saturated carbocycles. The van der Waals surface area contributed by atoms with E-state index >= 15 is 0 Å². The Morgan fingerprint density at radius 2 is 1.88 bits per heavy atom. The summed E-state index contributed by atoms with van der Waals surface area (Å²) in [5.41, 5.74) is 0.643. The Kier molecular flexibility index (Phi) is 8.09. The summed E-state index contributed by atoms with van der Waals surface area (Å²) in [6, 6.07) is 6.87. The molecule has 0 aromatic heterocycles. The lowest BCUT2D eigenvalue weighted by Crippen LogP contribution is -2.40. The topological polar surface area (TPSA) is 49.4 Å². The summed E-state index contributed by atoms with van der Waals surface area (Å²) in [5.74, 6) is 1.61. The largest absolute Gasteiger partial charge is 0.342 e. The molecule has 0 radical (unpaired) electrons. The molecule has 0 bridgehead atoms. The normalized spacial score (nSPS) is 15.5. The zero-order valence-electron chi connectivity index (χ0n) is 14.1. The second kappa shape index (κ2) is 10.1. The third kappa shape index (κ3) is 6.11. The second-order valence-corrected chi connectivity index (χ2v) is 7.56. The highest BCUT2D eigenvalue weighted by atomic mass is 35.5. The summed E-state index contributed by atoms with van der Waals surface area (Å²) in [7, 11) is 1.97. The van der Waals surface area contributed by atoms with Crippen molar-refractivity contribution in [3.63, 3.8) is 0 Å². The van der Waals surface area contributed by atoms with Gasteiger partial charge in [-0.3, -0.25) is 9.59 Å². The molecule has 0 aliphatic carbocycles. The van der Waals surface area contributed by atoms with Crippen LogP contribution >= 0.6 is 23.4 Å². The number of Topliss-reactive ketones (excluding diaryl/α,β-unsaturated/α-hetero) is 1. The van der Waals surface area contributed by atoms with Crippen LogP contribution in [-0.4, -0.2) is 54.8 Å². The molecule has 24 heavy (non-hydrogen) atoms. The standard InChI is InChI=1S/C18H25ClN2O2S/c1-20-9-6-14-7-10-21(11-8-14)18(23)13-24-12-17(22)15-2-4-16(19)5-3-15/h2-5,14,20H,6-13H2,1H3. The van der Waals surface area contributed by atoms with E-state index in [4.69, 9.17) is 11.6 Å².